The molecule has 1 aromatic carbocycles. The van der Waals surface area contributed by atoms with E-state index in [1.54, 1.807) is 24.1 Å². The van der Waals surface area contributed by atoms with Gasteiger partial charge in [-0.2, -0.15) is 0 Å². The number of hydrogen-bond acceptors (Lipinski definition) is 6. The van der Waals surface area contributed by atoms with Crippen LogP contribution in [0.5, 0.6) is 0 Å². The number of amides is 1. The molecular weight excluding hydrogens is 414 g/mol. The first-order valence-corrected chi connectivity index (χ1v) is 10.7. The fraction of sp³-hybridized carbons (Fsp3) is 0.304. The summed E-state index contributed by atoms with van der Waals surface area (Å²) in [5.41, 5.74) is 5.38. The van der Waals surface area contributed by atoms with Gasteiger partial charge in [0, 0.05) is 23.6 Å². The number of anilines is 2. The number of esters is 1. The van der Waals surface area contributed by atoms with Crippen LogP contribution in [-0.4, -0.2) is 27.6 Å². The Morgan fingerprint density at radius 1 is 1.10 bits per heavy atom. The molecule has 2 heterocycles. The van der Waals surface area contributed by atoms with Crippen molar-refractivity contribution in [1.82, 2.24) is 9.97 Å². The van der Waals surface area contributed by atoms with E-state index >= 15 is 0 Å². The van der Waals surface area contributed by atoms with Gasteiger partial charge in [0.2, 0.25) is 5.91 Å². The van der Waals surface area contributed by atoms with Gasteiger partial charge in [-0.15, -0.1) is 11.3 Å². The maximum Gasteiger partial charge on any atom is 0.355 e. The topological polar surface area (TPSA) is 92.4 Å². The molecule has 0 atom stereocenters. The van der Waals surface area contributed by atoms with Gasteiger partial charge in [-0.05, 0) is 57.4 Å². The normalized spacial score (nSPS) is 10.8. The average molecular weight is 440 g/mol. The van der Waals surface area contributed by atoms with Crippen molar-refractivity contribution in [2.45, 2.75) is 48.1 Å². The van der Waals surface area contributed by atoms with Crippen molar-refractivity contribution in [1.29, 1.82) is 0 Å². The number of nitrogens with zero attached hydrogens (tertiary/aromatic N) is 2. The van der Waals surface area contributed by atoms with Crippen LogP contribution in [0, 0.1) is 27.7 Å². The number of Topliss-reactive ketones (excluding diaryl/α,β-unsaturated/α-hetero) is 1. The van der Waals surface area contributed by atoms with E-state index in [1.807, 2.05) is 32.0 Å². The lowest BCUT2D eigenvalue weighted by Gasteiger charge is -2.21. The largest absolute Gasteiger partial charge is 0.454 e. The second kappa shape index (κ2) is 8.85. The Morgan fingerprint density at radius 2 is 1.81 bits per heavy atom. The molecule has 1 amide bonds. The second-order valence-corrected chi connectivity index (χ2v) is 8.29. The summed E-state index contributed by atoms with van der Waals surface area (Å²) in [6.07, 6.45) is 0. The van der Waals surface area contributed by atoms with Crippen molar-refractivity contribution in [3.8, 4) is 0 Å². The molecule has 0 radical (unpaired) electrons. The molecule has 0 fully saturated rings. The first-order chi connectivity index (χ1) is 14.6. The fourth-order valence-corrected chi connectivity index (χ4v) is 4.41. The molecule has 3 rings (SSSR count). The molecule has 2 aromatic heterocycles. The molecule has 8 heteroatoms. The molecule has 0 spiro atoms. The fourth-order valence-electron chi connectivity index (χ4n) is 3.54. The minimum atomic E-state index is -0.555. The highest BCUT2D eigenvalue weighted by Crippen LogP contribution is 2.32. The maximum absolute atomic E-state index is 12.5. The average Bonchev–Trinajstić information content (AvgIpc) is 3.27. The number of ketones is 1. The van der Waals surface area contributed by atoms with Gasteiger partial charge in [0.05, 0.1) is 11.4 Å². The first kappa shape index (κ1) is 22.4. The molecule has 7 nitrogen and oxygen atoms in total. The molecule has 0 saturated heterocycles. The van der Waals surface area contributed by atoms with E-state index in [9.17, 15) is 14.4 Å². The zero-order valence-corrected chi connectivity index (χ0v) is 19.3. The smallest absolute Gasteiger partial charge is 0.355 e. The summed E-state index contributed by atoms with van der Waals surface area (Å²) < 4.78 is 5.40. The van der Waals surface area contributed by atoms with E-state index < -0.39 is 5.97 Å². The lowest BCUT2D eigenvalue weighted by molar-refractivity contribution is -0.115. The lowest BCUT2D eigenvalue weighted by Crippen LogP contribution is -2.23. The van der Waals surface area contributed by atoms with Crippen molar-refractivity contribution < 1.29 is 19.1 Å². The minimum Gasteiger partial charge on any atom is -0.454 e. The van der Waals surface area contributed by atoms with E-state index in [0.29, 0.717) is 27.6 Å². The van der Waals surface area contributed by atoms with Crippen molar-refractivity contribution in [3.05, 3.63) is 62.9 Å². The van der Waals surface area contributed by atoms with E-state index in [-0.39, 0.29) is 24.0 Å². The van der Waals surface area contributed by atoms with Crippen LogP contribution in [-0.2, 0) is 16.1 Å². The Bertz CT molecular complexity index is 1180. The third-order valence-electron chi connectivity index (χ3n) is 5.21. The third-order valence-corrected chi connectivity index (χ3v) is 6.08. The molecule has 1 N–H and O–H groups in total. The summed E-state index contributed by atoms with van der Waals surface area (Å²) in [6, 6.07) is 5.78. The van der Waals surface area contributed by atoms with Gasteiger partial charge in [0.25, 0.3) is 0 Å². The summed E-state index contributed by atoms with van der Waals surface area (Å²) >= 11 is 1.31. The summed E-state index contributed by atoms with van der Waals surface area (Å²) in [7, 11) is 0. The standard InChI is InChI=1S/C23H25N3O4S/c1-12-8-7-9-19(13(12)2)26(17(6)28)23-25-18(11-31-23)10-30-22(29)21-14(3)20(16(5)27)15(4)24-21/h7-9,11,24H,10H2,1-6H3. The van der Waals surface area contributed by atoms with Crippen LogP contribution in [0.4, 0.5) is 10.8 Å². The molecule has 0 saturated carbocycles. The van der Waals surface area contributed by atoms with Gasteiger partial charge in [0.15, 0.2) is 10.9 Å². The highest BCUT2D eigenvalue weighted by molar-refractivity contribution is 7.14. The first-order valence-electron chi connectivity index (χ1n) is 9.80. The van der Waals surface area contributed by atoms with Gasteiger partial charge in [-0.25, -0.2) is 9.78 Å². The van der Waals surface area contributed by atoms with Crippen molar-refractivity contribution in [2.75, 3.05) is 4.90 Å². The number of carbonyl (C=O) groups excluding carboxylic acids is 3. The molecule has 162 valence electrons. The number of hydrogen-bond donors (Lipinski definition) is 1. The lowest BCUT2D eigenvalue weighted by atomic mass is 10.1. The monoisotopic (exact) mass is 439 g/mol. The molecule has 0 bridgehead atoms. The van der Waals surface area contributed by atoms with Crippen LogP contribution in [0.25, 0.3) is 0 Å². The summed E-state index contributed by atoms with van der Waals surface area (Å²) in [5, 5.41) is 2.27. The van der Waals surface area contributed by atoms with Crippen LogP contribution in [0.2, 0.25) is 0 Å². The Hall–Kier alpha value is -3.26. The van der Waals surface area contributed by atoms with Crippen molar-refractivity contribution in [3.63, 3.8) is 0 Å². The number of nitrogens with one attached hydrogen (secondary N) is 1. The predicted octanol–water partition coefficient (Wildman–Crippen LogP) is 4.95. The van der Waals surface area contributed by atoms with Crippen LogP contribution in [0.3, 0.4) is 0 Å². The van der Waals surface area contributed by atoms with E-state index in [2.05, 4.69) is 9.97 Å². The Balaban J connectivity index is 1.79. The second-order valence-electron chi connectivity index (χ2n) is 7.45. The summed E-state index contributed by atoms with van der Waals surface area (Å²) in [5.74, 6) is -0.813. The highest BCUT2D eigenvalue weighted by Gasteiger charge is 2.23. The van der Waals surface area contributed by atoms with E-state index in [1.165, 1.54) is 25.2 Å². The van der Waals surface area contributed by atoms with Crippen LogP contribution in [0.15, 0.2) is 23.6 Å². The van der Waals surface area contributed by atoms with E-state index in [4.69, 9.17) is 4.74 Å². The van der Waals surface area contributed by atoms with Gasteiger partial charge in [-0.1, -0.05) is 12.1 Å². The highest BCUT2D eigenvalue weighted by atomic mass is 32.1. The number of aromatic amines is 1. The van der Waals surface area contributed by atoms with Gasteiger partial charge >= 0.3 is 5.97 Å². The molecule has 0 aliphatic heterocycles. The number of H-pyrrole nitrogens is 1. The zero-order chi connectivity index (χ0) is 22.9. The predicted molar refractivity (Wildman–Crippen MR) is 120 cm³/mol. The van der Waals surface area contributed by atoms with Crippen molar-refractivity contribution in [2.24, 2.45) is 0 Å². The van der Waals surface area contributed by atoms with Gasteiger partial charge < -0.3 is 9.72 Å². The Morgan fingerprint density at radius 3 is 2.42 bits per heavy atom. The number of aromatic nitrogens is 2. The van der Waals surface area contributed by atoms with Crippen LogP contribution < -0.4 is 4.90 Å². The molecular formula is C23H25N3O4S. The number of ether oxygens (including phenoxy) is 1. The summed E-state index contributed by atoms with van der Waals surface area (Å²) in [4.78, 5) is 45.7. The van der Waals surface area contributed by atoms with Gasteiger partial charge in [-0.3, -0.25) is 14.5 Å². The van der Waals surface area contributed by atoms with Crippen LogP contribution >= 0.6 is 11.3 Å². The third kappa shape index (κ3) is 4.44. The number of benzene rings is 1. The minimum absolute atomic E-state index is 0.0409. The maximum atomic E-state index is 12.5. The Labute approximate surface area is 185 Å². The number of thiazole rings is 1. The van der Waals surface area contributed by atoms with E-state index in [0.717, 1.165) is 16.8 Å². The van der Waals surface area contributed by atoms with Crippen molar-refractivity contribution >= 4 is 39.8 Å². The quantitative estimate of drug-likeness (QED) is 0.433. The molecule has 0 aliphatic carbocycles. The molecule has 3 aromatic rings. The molecule has 0 aliphatic rings. The zero-order valence-electron chi connectivity index (χ0n) is 18.5. The molecule has 0 unspecified atom stereocenters. The number of aryl methyl sites for hydroxylation is 2. The summed E-state index contributed by atoms with van der Waals surface area (Å²) in [6.45, 7) is 10.3. The van der Waals surface area contributed by atoms with Gasteiger partial charge in [0.1, 0.15) is 12.3 Å². The Kier molecular flexibility index (Phi) is 6.40. The number of rotatable bonds is 6. The molecule has 31 heavy (non-hydrogen) atoms. The number of carbonyl (C=O) groups is 3. The SMILES string of the molecule is CC(=O)c1c(C)[nH]c(C(=O)OCc2csc(N(C(C)=O)c3cccc(C)c3C)n2)c1C. The van der Waals surface area contributed by atoms with Crippen LogP contribution in [0.1, 0.15) is 62.8 Å².